The van der Waals surface area contributed by atoms with Crippen LogP contribution in [0.4, 0.5) is 0 Å². The molecule has 1 atom stereocenters. The van der Waals surface area contributed by atoms with Crippen molar-refractivity contribution in [2.24, 2.45) is 0 Å². The van der Waals surface area contributed by atoms with Crippen molar-refractivity contribution in [1.29, 1.82) is 10.5 Å². The minimum absolute atomic E-state index is 0.306. The molecular weight excluding hydrogens is 645 g/mol. The predicted molar refractivity (Wildman–Crippen MR) is 181 cm³/mol. The Morgan fingerprint density at radius 1 is 0.884 bits per heavy atom. The second-order valence-corrected chi connectivity index (χ2v) is 12.3. The normalized spacial score (nSPS) is 14.6. The van der Waals surface area contributed by atoms with Gasteiger partial charge in [-0.15, -0.1) is 0 Å². The Bertz CT molecular complexity index is 1830. The molecule has 1 N–H and O–H groups in total. The van der Waals surface area contributed by atoms with Gasteiger partial charge in [0.15, 0.2) is 0 Å². The maximum absolute atomic E-state index is 9.60. The molecule has 6 rings (SSSR count). The van der Waals surface area contributed by atoms with Gasteiger partial charge in [-0.1, -0.05) is 30.3 Å². The van der Waals surface area contributed by atoms with Crippen LogP contribution in [0.5, 0.6) is 5.75 Å². The molecule has 0 spiro atoms. The lowest BCUT2D eigenvalue weighted by Gasteiger charge is -2.19. The second-order valence-electron chi connectivity index (χ2n) is 11.1. The van der Waals surface area contributed by atoms with E-state index in [1.165, 1.54) is 35.9 Å². The summed E-state index contributed by atoms with van der Waals surface area (Å²) in [7, 11) is 0. The quantitative estimate of drug-likeness (QED) is 0.187. The molecule has 2 heterocycles. The van der Waals surface area contributed by atoms with E-state index in [-0.39, 0.29) is 0 Å². The number of benzene rings is 4. The average Bonchev–Trinajstić information content (AvgIpc) is 3.64. The Hall–Kier alpha value is -4.11. The molecule has 5 nitrogen and oxygen atoms in total. The summed E-state index contributed by atoms with van der Waals surface area (Å²) in [5, 5.41) is 28.5. The van der Waals surface area contributed by atoms with E-state index < -0.39 is 0 Å². The fourth-order valence-corrected chi connectivity index (χ4v) is 6.21. The lowest BCUT2D eigenvalue weighted by Crippen LogP contribution is -2.28. The molecule has 5 aromatic rings. The maximum atomic E-state index is 9.60. The summed E-state index contributed by atoms with van der Waals surface area (Å²) in [6.07, 6.45) is 3.59. The molecule has 0 bridgehead atoms. The van der Waals surface area contributed by atoms with Gasteiger partial charge in [0.25, 0.3) is 0 Å². The Morgan fingerprint density at radius 2 is 1.51 bits per heavy atom. The lowest BCUT2D eigenvalue weighted by molar-refractivity contribution is 0.266. The fraction of sp³-hybridized carbons (Fsp3) is 0.243. The highest BCUT2D eigenvalue weighted by molar-refractivity contribution is 14.1. The summed E-state index contributed by atoms with van der Waals surface area (Å²) in [5.41, 5.74) is 9.03. The van der Waals surface area contributed by atoms with E-state index in [2.05, 4.69) is 71.7 Å². The maximum Gasteiger partial charge on any atom is 0.134 e. The summed E-state index contributed by atoms with van der Waals surface area (Å²) in [4.78, 5) is 2.56. The molecule has 1 aliphatic heterocycles. The zero-order valence-electron chi connectivity index (χ0n) is 24.7. The van der Waals surface area contributed by atoms with Gasteiger partial charge in [0.1, 0.15) is 17.1 Å². The summed E-state index contributed by atoms with van der Waals surface area (Å²) in [6.45, 7) is 8.71. The zero-order valence-corrected chi connectivity index (χ0v) is 26.9. The van der Waals surface area contributed by atoms with Crippen molar-refractivity contribution < 1.29 is 9.52 Å². The van der Waals surface area contributed by atoms with Gasteiger partial charge in [-0.05, 0) is 145 Å². The Labute approximate surface area is 267 Å². The van der Waals surface area contributed by atoms with Crippen LogP contribution in [0.15, 0.2) is 83.3 Å². The highest BCUT2D eigenvalue weighted by atomic mass is 127. The SMILES string of the molecule is Cc1c(-c2ccc(C#N)cc2)ccc2oc(CCN3CCC[C@H]3C)cc12.Cc1cc(O)c(I)cc1-c1ccc(C#N)cc1. The number of hydrogen-bond acceptors (Lipinski definition) is 5. The first-order valence-electron chi connectivity index (χ1n) is 14.5. The summed E-state index contributed by atoms with van der Waals surface area (Å²) >= 11 is 2.11. The Morgan fingerprint density at radius 3 is 2.09 bits per heavy atom. The third-order valence-corrected chi connectivity index (χ3v) is 9.17. The van der Waals surface area contributed by atoms with Crippen LogP contribution < -0.4 is 0 Å². The predicted octanol–water partition coefficient (Wildman–Crippen LogP) is 9.15. The molecule has 0 radical (unpaired) electrons. The molecule has 0 unspecified atom stereocenters. The van der Waals surface area contributed by atoms with Crippen molar-refractivity contribution in [1.82, 2.24) is 4.90 Å². The molecule has 6 heteroatoms. The third kappa shape index (κ3) is 6.94. The second kappa shape index (κ2) is 13.5. The van der Waals surface area contributed by atoms with Gasteiger partial charge < -0.3 is 14.4 Å². The first-order chi connectivity index (χ1) is 20.8. The Kier molecular flexibility index (Phi) is 9.50. The number of nitriles is 2. The molecule has 1 saturated heterocycles. The van der Waals surface area contributed by atoms with Crippen molar-refractivity contribution in [3.63, 3.8) is 0 Å². The molecule has 1 fully saturated rings. The van der Waals surface area contributed by atoms with Crippen molar-refractivity contribution in [2.75, 3.05) is 13.1 Å². The number of rotatable bonds is 5. The zero-order chi connectivity index (χ0) is 30.5. The molecule has 4 aromatic carbocycles. The van der Waals surface area contributed by atoms with Crippen LogP contribution >= 0.6 is 22.6 Å². The Balaban J connectivity index is 0.000000188. The molecular formula is C37H34IN3O2. The number of halogens is 1. The van der Waals surface area contributed by atoms with Gasteiger partial charge in [-0.2, -0.15) is 10.5 Å². The largest absolute Gasteiger partial charge is 0.507 e. The number of furan rings is 1. The van der Waals surface area contributed by atoms with Crippen molar-refractivity contribution in [3.8, 4) is 40.1 Å². The van der Waals surface area contributed by atoms with Crippen molar-refractivity contribution in [3.05, 3.63) is 110 Å². The van der Waals surface area contributed by atoms with Gasteiger partial charge in [0.05, 0.1) is 26.8 Å². The van der Waals surface area contributed by atoms with Crippen LogP contribution in [0, 0.1) is 40.1 Å². The van der Waals surface area contributed by atoms with Crippen LogP contribution in [0.25, 0.3) is 33.2 Å². The van der Waals surface area contributed by atoms with E-state index in [0.717, 1.165) is 50.1 Å². The fourth-order valence-electron chi connectivity index (χ4n) is 5.74. The van der Waals surface area contributed by atoms with Gasteiger partial charge >= 0.3 is 0 Å². The number of likely N-dealkylation sites (tertiary alicyclic amines) is 1. The van der Waals surface area contributed by atoms with Crippen LogP contribution in [0.3, 0.4) is 0 Å². The monoisotopic (exact) mass is 679 g/mol. The summed E-state index contributed by atoms with van der Waals surface area (Å²) < 4.78 is 6.93. The summed E-state index contributed by atoms with van der Waals surface area (Å²) in [6, 6.07) is 30.3. The van der Waals surface area contributed by atoms with E-state index in [4.69, 9.17) is 14.9 Å². The van der Waals surface area contributed by atoms with Gasteiger partial charge in [-0.25, -0.2) is 0 Å². The molecule has 43 heavy (non-hydrogen) atoms. The van der Waals surface area contributed by atoms with Crippen LogP contribution in [-0.2, 0) is 6.42 Å². The lowest BCUT2D eigenvalue weighted by atomic mass is 9.97. The first-order valence-corrected chi connectivity index (χ1v) is 15.6. The highest BCUT2D eigenvalue weighted by Crippen LogP contribution is 2.33. The molecule has 216 valence electrons. The third-order valence-electron chi connectivity index (χ3n) is 8.30. The van der Waals surface area contributed by atoms with E-state index >= 15 is 0 Å². The minimum Gasteiger partial charge on any atom is -0.507 e. The molecule has 0 amide bonds. The van der Waals surface area contributed by atoms with Crippen LogP contribution in [0.2, 0.25) is 0 Å². The number of phenolic OH excluding ortho intramolecular Hbond substituents is 1. The number of aryl methyl sites for hydroxylation is 2. The molecule has 0 saturated carbocycles. The minimum atomic E-state index is 0.306. The van der Waals surface area contributed by atoms with Crippen molar-refractivity contribution >= 4 is 33.6 Å². The molecule has 1 aromatic heterocycles. The van der Waals surface area contributed by atoms with Crippen molar-refractivity contribution in [2.45, 2.75) is 46.1 Å². The number of aromatic hydroxyl groups is 1. The van der Waals surface area contributed by atoms with E-state index in [0.29, 0.717) is 22.9 Å². The number of phenols is 1. The molecule has 1 aliphatic rings. The summed E-state index contributed by atoms with van der Waals surface area (Å²) in [5.74, 6) is 1.37. The van der Waals surface area contributed by atoms with Crippen LogP contribution in [-0.4, -0.2) is 29.1 Å². The van der Waals surface area contributed by atoms with Gasteiger partial charge in [0, 0.05) is 24.4 Å². The van der Waals surface area contributed by atoms with Gasteiger partial charge in [-0.3, -0.25) is 0 Å². The van der Waals surface area contributed by atoms with E-state index in [1.807, 2.05) is 49.4 Å². The number of nitrogens with zero attached hydrogens (tertiary/aromatic N) is 3. The molecule has 0 aliphatic carbocycles. The number of hydrogen-bond donors (Lipinski definition) is 1. The van der Waals surface area contributed by atoms with E-state index in [1.54, 1.807) is 18.2 Å². The topological polar surface area (TPSA) is 84.2 Å². The van der Waals surface area contributed by atoms with Crippen LogP contribution in [0.1, 0.15) is 47.8 Å². The highest BCUT2D eigenvalue weighted by Gasteiger charge is 2.20. The first kappa shape index (κ1) is 30.4. The van der Waals surface area contributed by atoms with E-state index in [9.17, 15) is 5.11 Å². The number of fused-ring (bicyclic) bond motifs is 1. The average molecular weight is 680 g/mol. The standard InChI is InChI=1S/C23H24N2O.C14H10INO/c1-16-4-3-12-25(16)13-11-20-14-22-17(2)21(9-10-23(22)26-20)19-7-5-18(15-24)6-8-19;1-9-6-14(17)13(15)7-12(9)11-4-2-10(8-16)3-5-11/h5-10,14,16H,3-4,11-13H2,1-2H3;2-7,17H,1H3/t16-;/m1./s1. The smallest absolute Gasteiger partial charge is 0.134 e. The van der Waals surface area contributed by atoms with Gasteiger partial charge in [0.2, 0.25) is 0 Å².